The number of aliphatic imine (C=N–C) groups is 1. The summed E-state index contributed by atoms with van der Waals surface area (Å²) >= 11 is 0. The highest BCUT2D eigenvalue weighted by molar-refractivity contribution is 5.92. The third kappa shape index (κ3) is 2.89. The molecule has 1 unspecified atom stereocenters. The van der Waals surface area contributed by atoms with E-state index in [2.05, 4.69) is 4.99 Å². The predicted molar refractivity (Wildman–Crippen MR) is 83.5 cm³/mol. The van der Waals surface area contributed by atoms with Crippen molar-refractivity contribution in [3.05, 3.63) is 38.5 Å². The Kier molecular flexibility index (Phi) is 4.26. The van der Waals surface area contributed by atoms with Crippen LogP contribution in [0.25, 0.3) is 0 Å². The minimum absolute atomic E-state index is 0.0552. The van der Waals surface area contributed by atoms with Gasteiger partial charge in [-0.2, -0.15) is 0 Å². The minimum Gasteiger partial charge on any atom is -0.507 e. The van der Waals surface area contributed by atoms with Gasteiger partial charge in [0.1, 0.15) is 5.75 Å². The van der Waals surface area contributed by atoms with Gasteiger partial charge in [-0.15, -0.1) is 0 Å². The number of fused-ring (bicyclic) bond motifs is 1. The van der Waals surface area contributed by atoms with Crippen molar-refractivity contribution in [2.45, 2.75) is 52.4 Å². The molecule has 0 saturated heterocycles. The summed E-state index contributed by atoms with van der Waals surface area (Å²) in [5, 5.41) is 10.6. The molecule has 21 heavy (non-hydrogen) atoms. The SMILES string of the molecule is CC(=O)N=Cc1c2c(c(O)c(C(C)C)cc1=O)C(C)CC2. The monoisotopic (exact) mass is 287 g/mol. The number of aromatic hydroxyl groups is 1. The van der Waals surface area contributed by atoms with Crippen molar-refractivity contribution in [1.82, 2.24) is 0 Å². The van der Waals surface area contributed by atoms with Crippen molar-refractivity contribution in [2.75, 3.05) is 0 Å². The summed E-state index contributed by atoms with van der Waals surface area (Å²) in [4.78, 5) is 27.3. The Morgan fingerprint density at radius 2 is 2.14 bits per heavy atom. The summed E-state index contributed by atoms with van der Waals surface area (Å²) < 4.78 is 0. The van der Waals surface area contributed by atoms with Crippen molar-refractivity contribution >= 4 is 12.1 Å². The molecule has 1 amide bonds. The Morgan fingerprint density at radius 1 is 1.48 bits per heavy atom. The van der Waals surface area contributed by atoms with Crippen LogP contribution in [-0.2, 0) is 11.2 Å². The second-order valence-corrected chi connectivity index (χ2v) is 5.99. The Hall–Kier alpha value is -1.97. The molecule has 0 radical (unpaired) electrons. The molecule has 4 heteroatoms. The first-order chi connectivity index (χ1) is 9.82. The molecule has 1 aromatic rings. The Balaban J connectivity index is 2.83. The molecule has 112 valence electrons. The maximum atomic E-state index is 12.5. The molecule has 0 bridgehead atoms. The van der Waals surface area contributed by atoms with Crippen molar-refractivity contribution in [3.63, 3.8) is 0 Å². The van der Waals surface area contributed by atoms with Crippen LogP contribution in [-0.4, -0.2) is 17.2 Å². The largest absolute Gasteiger partial charge is 0.507 e. The zero-order valence-corrected chi connectivity index (χ0v) is 12.9. The lowest BCUT2D eigenvalue weighted by Crippen LogP contribution is -2.08. The molecule has 1 aliphatic rings. The number of carbonyl (C=O) groups is 1. The normalized spacial score (nSPS) is 17.5. The molecule has 1 aliphatic carbocycles. The highest BCUT2D eigenvalue weighted by Crippen LogP contribution is 2.41. The van der Waals surface area contributed by atoms with Gasteiger partial charge in [-0.3, -0.25) is 9.59 Å². The molecule has 0 aromatic heterocycles. The van der Waals surface area contributed by atoms with Gasteiger partial charge >= 0.3 is 0 Å². The molecule has 4 nitrogen and oxygen atoms in total. The fourth-order valence-electron chi connectivity index (χ4n) is 2.92. The Labute approximate surface area is 124 Å². The van der Waals surface area contributed by atoms with E-state index < -0.39 is 0 Å². The van der Waals surface area contributed by atoms with Crippen LogP contribution >= 0.6 is 0 Å². The molecule has 0 heterocycles. The van der Waals surface area contributed by atoms with Crippen molar-refractivity contribution in [2.24, 2.45) is 4.99 Å². The molecule has 0 fully saturated rings. The highest BCUT2D eigenvalue weighted by Gasteiger charge is 2.27. The van der Waals surface area contributed by atoms with Gasteiger partial charge in [-0.05, 0) is 36.3 Å². The molecule has 0 spiro atoms. The van der Waals surface area contributed by atoms with Crippen LogP contribution in [0.15, 0.2) is 15.9 Å². The average molecular weight is 287 g/mol. The van der Waals surface area contributed by atoms with Crippen LogP contribution in [0.2, 0.25) is 0 Å². The van der Waals surface area contributed by atoms with E-state index in [1.165, 1.54) is 19.2 Å². The lowest BCUT2D eigenvalue weighted by molar-refractivity contribution is -0.115. The molecule has 0 saturated carbocycles. The van der Waals surface area contributed by atoms with Gasteiger partial charge in [0, 0.05) is 29.8 Å². The van der Waals surface area contributed by atoms with Gasteiger partial charge in [0.05, 0.1) is 0 Å². The smallest absolute Gasteiger partial charge is 0.242 e. The standard InChI is InChI=1S/C17H21NO3/c1-9(2)13-7-15(20)14(8-18-11(4)19)12-6-5-10(3)16(12)17(13)21/h7-10,21H,5-6H2,1-4H3. The van der Waals surface area contributed by atoms with E-state index in [1.54, 1.807) is 0 Å². The van der Waals surface area contributed by atoms with Crippen LogP contribution in [0.3, 0.4) is 0 Å². The van der Waals surface area contributed by atoms with Gasteiger partial charge < -0.3 is 5.11 Å². The number of amides is 1. The summed E-state index contributed by atoms with van der Waals surface area (Å²) in [6.45, 7) is 7.30. The topological polar surface area (TPSA) is 66.7 Å². The number of carbonyl (C=O) groups excluding carboxylic acids is 1. The number of hydrogen-bond donors (Lipinski definition) is 1. The van der Waals surface area contributed by atoms with Gasteiger partial charge in [0.2, 0.25) is 5.91 Å². The third-order valence-electron chi connectivity index (χ3n) is 4.05. The van der Waals surface area contributed by atoms with Gasteiger partial charge in [0.15, 0.2) is 5.43 Å². The van der Waals surface area contributed by atoms with Crippen LogP contribution < -0.4 is 5.43 Å². The van der Waals surface area contributed by atoms with Gasteiger partial charge in [-0.1, -0.05) is 20.8 Å². The van der Waals surface area contributed by atoms with Gasteiger partial charge in [0.25, 0.3) is 0 Å². The maximum absolute atomic E-state index is 12.5. The van der Waals surface area contributed by atoms with Crippen LogP contribution in [0.4, 0.5) is 0 Å². The Bertz CT molecular complexity index is 675. The summed E-state index contributed by atoms with van der Waals surface area (Å²) in [6, 6.07) is 1.48. The van der Waals surface area contributed by atoms with E-state index in [-0.39, 0.29) is 28.9 Å². The summed E-state index contributed by atoms with van der Waals surface area (Å²) in [5.74, 6) is 0.145. The van der Waals surface area contributed by atoms with Crippen LogP contribution in [0, 0.1) is 0 Å². The second-order valence-electron chi connectivity index (χ2n) is 5.99. The van der Waals surface area contributed by atoms with Crippen LogP contribution in [0.1, 0.15) is 68.2 Å². The molecular formula is C17H21NO3. The average Bonchev–Trinajstić information content (AvgIpc) is 2.71. The maximum Gasteiger partial charge on any atom is 0.242 e. The minimum atomic E-state index is -0.339. The molecule has 2 rings (SSSR count). The number of rotatable bonds is 2. The lowest BCUT2D eigenvalue weighted by atomic mass is 9.97. The molecule has 0 aliphatic heterocycles. The Morgan fingerprint density at radius 3 is 2.71 bits per heavy atom. The van der Waals surface area contributed by atoms with E-state index in [1.807, 2.05) is 20.8 Å². The van der Waals surface area contributed by atoms with Crippen LogP contribution in [0.5, 0.6) is 5.75 Å². The second kappa shape index (κ2) is 5.80. The third-order valence-corrected chi connectivity index (χ3v) is 4.05. The molecule has 1 N–H and O–H groups in total. The van der Waals surface area contributed by atoms with E-state index in [9.17, 15) is 14.7 Å². The number of nitrogens with zero attached hydrogens (tertiary/aromatic N) is 1. The molecule has 1 atom stereocenters. The first-order valence-corrected chi connectivity index (χ1v) is 7.30. The summed E-state index contributed by atoms with van der Waals surface area (Å²) in [6.07, 6.45) is 2.97. The highest BCUT2D eigenvalue weighted by atomic mass is 16.3. The first kappa shape index (κ1) is 15.4. The lowest BCUT2D eigenvalue weighted by Gasteiger charge is -2.10. The predicted octanol–water partition coefficient (Wildman–Crippen LogP) is 2.89. The van der Waals surface area contributed by atoms with E-state index >= 15 is 0 Å². The molecule has 1 aromatic carbocycles. The quantitative estimate of drug-likeness (QED) is 0.850. The zero-order valence-electron chi connectivity index (χ0n) is 12.9. The summed E-state index contributed by atoms with van der Waals surface area (Å²) in [5.41, 5.74) is 2.58. The van der Waals surface area contributed by atoms with E-state index in [4.69, 9.17) is 0 Å². The van der Waals surface area contributed by atoms with Gasteiger partial charge in [-0.25, -0.2) is 4.99 Å². The fraction of sp³-hybridized carbons (Fsp3) is 0.471. The van der Waals surface area contributed by atoms with E-state index in [0.29, 0.717) is 11.1 Å². The first-order valence-electron chi connectivity index (χ1n) is 7.30. The summed E-state index contributed by atoms with van der Waals surface area (Å²) in [7, 11) is 0. The van der Waals surface area contributed by atoms with E-state index in [0.717, 1.165) is 24.0 Å². The fourth-order valence-corrected chi connectivity index (χ4v) is 2.92. The van der Waals surface area contributed by atoms with Crippen molar-refractivity contribution in [3.8, 4) is 5.75 Å². The van der Waals surface area contributed by atoms with Crippen molar-refractivity contribution < 1.29 is 9.90 Å². The zero-order chi connectivity index (χ0) is 15.7. The number of hydrogen-bond acceptors (Lipinski definition) is 3. The van der Waals surface area contributed by atoms with Crippen molar-refractivity contribution in [1.29, 1.82) is 0 Å². The molecular weight excluding hydrogens is 266 g/mol.